The molecule has 1 heterocycles. The molecule has 1 aromatic carbocycles. The van der Waals surface area contributed by atoms with Crippen LogP contribution in [0.2, 0.25) is 0 Å². The highest BCUT2D eigenvalue weighted by atomic mass is 32.2. The summed E-state index contributed by atoms with van der Waals surface area (Å²) in [6.45, 7) is 2.02. The minimum atomic E-state index is -3.95. The molecule has 0 radical (unpaired) electrons. The fourth-order valence-corrected chi connectivity index (χ4v) is 4.90. The Morgan fingerprint density at radius 2 is 2.19 bits per heavy atom. The number of nitrogens with zero attached hydrogens (tertiary/aromatic N) is 2. The minimum absolute atomic E-state index is 0.209. The third kappa shape index (κ3) is 2.79. The van der Waals surface area contributed by atoms with Crippen LogP contribution >= 0.6 is 0 Å². The van der Waals surface area contributed by atoms with Crippen molar-refractivity contribution in [1.29, 1.82) is 5.26 Å². The maximum atomic E-state index is 13.7. The zero-order valence-electron chi connectivity index (χ0n) is 11.8. The van der Waals surface area contributed by atoms with Crippen molar-refractivity contribution in [2.24, 2.45) is 5.73 Å². The number of piperidine rings is 1. The van der Waals surface area contributed by atoms with Gasteiger partial charge in [0.2, 0.25) is 10.0 Å². The normalized spacial score (nSPS) is 23.7. The van der Waals surface area contributed by atoms with E-state index in [4.69, 9.17) is 11.0 Å². The predicted molar refractivity (Wildman–Crippen MR) is 76.3 cm³/mol. The van der Waals surface area contributed by atoms with E-state index in [1.165, 1.54) is 16.4 Å². The van der Waals surface area contributed by atoms with E-state index in [1.807, 2.05) is 6.92 Å². The molecule has 1 fully saturated rings. The summed E-state index contributed by atoms with van der Waals surface area (Å²) in [5, 5.41) is 9.05. The average Bonchev–Trinajstić information content (AvgIpc) is 2.46. The molecule has 0 aliphatic carbocycles. The number of hydrogen-bond acceptors (Lipinski definition) is 4. The van der Waals surface area contributed by atoms with Gasteiger partial charge in [-0.05, 0) is 31.9 Å². The molecule has 2 atom stereocenters. The van der Waals surface area contributed by atoms with E-state index in [0.717, 1.165) is 18.9 Å². The summed E-state index contributed by atoms with van der Waals surface area (Å²) in [5.41, 5.74) is 5.25. The number of benzene rings is 1. The molecule has 2 rings (SSSR count). The largest absolute Gasteiger partial charge is 0.329 e. The van der Waals surface area contributed by atoms with Crippen molar-refractivity contribution in [1.82, 2.24) is 4.31 Å². The Hall–Kier alpha value is -1.49. The van der Waals surface area contributed by atoms with E-state index in [9.17, 15) is 12.8 Å². The summed E-state index contributed by atoms with van der Waals surface area (Å²) in [6, 6.07) is 4.77. The van der Waals surface area contributed by atoms with Crippen LogP contribution in [0.3, 0.4) is 0 Å². The second-order valence-corrected chi connectivity index (χ2v) is 7.04. The van der Waals surface area contributed by atoms with Gasteiger partial charge in [0.1, 0.15) is 22.3 Å². The first kappa shape index (κ1) is 15.9. The Morgan fingerprint density at radius 1 is 1.48 bits per heavy atom. The Morgan fingerprint density at radius 3 is 2.81 bits per heavy atom. The fraction of sp³-hybridized carbons (Fsp3) is 0.500. The van der Waals surface area contributed by atoms with Gasteiger partial charge in [-0.1, -0.05) is 12.5 Å². The molecule has 2 unspecified atom stereocenters. The number of sulfonamides is 1. The zero-order chi connectivity index (χ0) is 15.6. The van der Waals surface area contributed by atoms with Gasteiger partial charge in [0.15, 0.2) is 0 Å². The van der Waals surface area contributed by atoms with Gasteiger partial charge in [-0.3, -0.25) is 0 Å². The summed E-state index contributed by atoms with van der Waals surface area (Å²) in [7, 11) is -3.95. The minimum Gasteiger partial charge on any atom is -0.329 e. The van der Waals surface area contributed by atoms with Crippen molar-refractivity contribution < 1.29 is 12.8 Å². The van der Waals surface area contributed by atoms with Gasteiger partial charge >= 0.3 is 0 Å². The highest BCUT2D eigenvalue weighted by Gasteiger charge is 2.38. The lowest BCUT2D eigenvalue weighted by Crippen LogP contribution is -2.51. The van der Waals surface area contributed by atoms with Gasteiger partial charge in [0, 0.05) is 18.6 Å². The van der Waals surface area contributed by atoms with Crippen LogP contribution < -0.4 is 5.73 Å². The summed E-state index contributed by atoms with van der Waals surface area (Å²) >= 11 is 0. The van der Waals surface area contributed by atoms with Gasteiger partial charge in [-0.2, -0.15) is 9.57 Å². The number of halogens is 1. The lowest BCUT2D eigenvalue weighted by molar-refractivity contribution is 0.196. The topological polar surface area (TPSA) is 87.2 Å². The van der Waals surface area contributed by atoms with Crippen molar-refractivity contribution >= 4 is 10.0 Å². The molecule has 1 aromatic rings. The Labute approximate surface area is 124 Å². The predicted octanol–water partition coefficient (Wildman–Crippen LogP) is 1.59. The van der Waals surface area contributed by atoms with E-state index in [0.29, 0.717) is 6.42 Å². The van der Waals surface area contributed by atoms with Crippen LogP contribution in [0.1, 0.15) is 31.7 Å². The summed E-state index contributed by atoms with van der Waals surface area (Å²) in [4.78, 5) is -0.280. The smallest absolute Gasteiger partial charge is 0.245 e. The molecule has 0 saturated carbocycles. The zero-order valence-corrected chi connectivity index (χ0v) is 12.6. The second-order valence-electron chi connectivity index (χ2n) is 5.23. The molecule has 0 bridgehead atoms. The lowest BCUT2D eigenvalue weighted by atomic mass is 10.00. The molecule has 0 spiro atoms. The van der Waals surface area contributed by atoms with Crippen LogP contribution in [-0.4, -0.2) is 31.4 Å². The second kappa shape index (κ2) is 6.10. The van der Waals surface area contributed by atoms with Crippen LogP contribution in [0.15, 0.2) is 23.1 Å². The standard InChI is InChI=1S/C14H18FN3O2S/c1-10-4-2-5-11(8-16)18(10)21(19,20)14-7-3-6-13(15)12(14)9-17/h3,6-7,10-11H,2,4-5,8,16H2,1H3. The molecule has 114 valence electrons. The molecule has 1 aliphatic rings. The molecule has 1 aliphatic heterocycles. The van der Waals surface area contributed by atoms with Crippen molar-refractivity contribution in [3.8, 4) is 6.07 Å². The number of hydrogen-bond donors (Lipinski definition) is 1. The van der Waals surface area contributed by atoms with E-state index >= 15 is 0 Å². The monoisotopic (exact) mass is 311 g/mol. The third-order valence-electron chi connectivity index (χ3n) is 3.87. The molecular weight excluding hydrogens is 293 g/mol. The third-order valence-corrected chi connectivity index (χ3v) is 5.98. The number of nitrogens with two attached hydrogens (primary N) is 1. The molecule has 5 nitrogen and oxygen atoms in total. The van der Waals surface area contributed by atoms with Crippen molar-refractivity contribution in [3.63, 3.8) is 0 Å². The Kier molecular flexibility index (Phi) is 4.61. The quantitative estimate of drug-likeness (QED) is 0.918. The molecular formula is C14H18FN3O2S. The summed E-state index contributed by atoms with van der Waals surface area (Å²) < 4.78 is 40.7. The van der Waals surface area contributed by atoms with Gasteiger partial charge in [0.05, 0.1) is 0 Å². The number of nitriles is 1. The van der Waals surface area contributed by atoms with Crippen molar-refractivity contribution in [3.05, 3.63) is 29.6 Å². The van der Waals surface area contributed by atoms with E-state index in [2.05, 4.69) is 0 Å². The van der Waals surface area contributed by atoms with Crippen molar-refractivity contribution in [2.45, 2.75) is 43.2 Å². The van der Waals surface area contributed by atoms with Gasteiger partial charge in [0.25, 0.3) is 0 Å². The molecule has 0 amide bonds. The van der Waals surface area contributed by atoms with Gasteiger partial charge < -0.3 is 5.73 Å². The summed E-state index contributed by atoms with van der Waals surface area (Å²) in [5.74, 6) is -0.826. The first-order valence-electron chi connectivity index (χ1n) is 6.85. The fourth-order valence-electron chi connectivity index (χ4n) is 2.86. The SMILES string of the molecule is CC1CCCC(CN)N1S(=O)(=O)c1cccc(F)c1C#N. The van der Waals surface area contributed by atoms with Crippen LogP contribution in [0, 0.1) is 17.1 Å². The van der Waals surface area contributed by atoms with Gasteiger partial charge in [-0.15, -0.1) is 0 Å². The van der Waals surface area contributed by atoms with E-state index in [1.54, 1.807) is 6.07 Å². The molecule has 2 N–H and O–H groups in total. The maximum Gasteiger partial charge on any atom is 0.245 e. The van der Waals surface area contributed by atoms with Crippen LogP contribution in [0.25, 0.3) is 0 Å². The highest BCUT2D eigenvalue weighted by Crippen LogP contribution is 2.31. The van der Waals surface area contributed by atoms with Crippen molar-refractivity contribution in [2.75, 3.05) is 6.54 Å². The first-order chi connectivity index (χ1) is 9.93. The van der Waals surface area contributed by atoms with Crippen LogP contribution in [0.4, 0.5) is 4.39 Å². The van der Waals surface area contributed by atoms with Crippen LogP contribution in [-0.2, 0) is 10.0 Å². The molecule has 21 heavy (non-hydrogen) atoms. The Balaban J connectivity index is 2.56. The van der Waals surface area contributed by atoms with E-state index < -0.39 is 21.4 Å². The maximum absolute atomic E-state index is 13.7. The average molecular weight is 311 g/mol. The number of rotatable bonds is 3. The highest BCUT2D eigenvalue weighted by molar-refractivity contribution is 7.89. The summed E-state index contributed by atoms with van der Waals surface area (Å²) in [6.07, 6.45) is 2.31. The van der Waals surface area contributed by atoms with Gasteiger partial charge in [-0.25, -0.2) is 12.8 Å². The van der Waals surface area contributed by atoms with Crippen LogP contribution in [0.5, 0.6) is 0 Å². The van der Waals surface area contributed by atoms with E-state index in [-0.39, 0.29) is 23.5 Å². The lowest BCUT2D eigenvalue weighted by Gasteiger charge is -2.39. The molecule has 0 aromatic heterocycles. The molecule has 1 saturated heterocycles. The molecule has 7 heteroatoms. The Bertz CT molecular complexity index is 669. The first-order valence-corrected chi connectivity index (χ1v) is 8.29.